The first-order valence-corrected chi connectivity index (χ1v) is 10.5. The third kappa shape index (κ3) is 7.21. The molecule has 0 aliphatic rings. The normalized spacial score (nSPS) is 9.88. The van der Waals surface area contributed by atoms with Gasteiger partial charge in [0.25, 0.3) is 0 Å². The summed E-state index contributed by atoms with van der Waals surface area (Å²) in [5.74, 6) is 0.0971. The van der Waals surface area contributed by atoms with E-state index in [1.165, 1.54) is 12.1 Å². The Balaban J connectivity index is 0.000000180. The fourth-order valence-corrected chi connectivity index (χ4v) is 3.37. The number of aryl methyl sites for hydroxylation is 4. The molecule has 5 rings (SSSR count). The summed E-state index contributed by atoms with van der Waals surface area (Å²) in [7, 11) is 0. The Kier molecular flexibility index (Phi) is 9.44. The van der Waals surface area contributed by atoms with Gasteiger partial charge in [0.15, 0.2) is 0 Å². The van der Waals surface area contributed by atoms with Gasteiger partial charge in [-0.15, -0.1) is 5.75 Å². The number of benzene rings is 3. The molecule has 34 heavy (non-hydrogen) atoms. The number of hydrogen-bond acceptors (Lipinski definition) is 5. The van der Waals surface area contributed by atoms with Crippen molar-refractivity contribution in [3.8, 4) is 17.2 Å². The zero-order valence-electron chi connectivity index (χ0n) is 19.7. The minimum atomic E-state index is -0.00352. The van der Waals surface area contributed by atoms with Crippen molar-refractivity contribution in [2.75, 3.05) is 0 Å². The molecule has 0 unspecified atom stereocenters. The van der Waals surface area contributed by atoms with Crippen molar-refractivity contribution >= 4 is 39.2 Å². The summed E-state index contributed by atoms with van der Waals surface area (Å²) >= 11 is 0. The summed E-state index contributed by atoms with van der Waals surface area (Å²) in [4.78, 5) is 8.33. The van der Waals surface area contributed by atoms with Crippen LogP contribution in [0.4, 0.5) is 0 Å². The predicted octanol–water partition coefficient (Wildman–Crippen LogP) is 4.23. The minimum Gasteiger partial charge on any atom is -0.872 e. The van der Waals surface area contributed by atoms with E-state index in [4.69, 9.17) is 0 Å². The van der Waals surface area contributed by atoms with Gasteiger partial charge in [-0.1, -0.05) is 89.4 Å². The summed E-state index contributed by atoms with van der Waals surface area (Å²) < 4.78 is 0. The zero-order chi connectivity index (χ0) is 24.0. The number of para-hydroxylation sites is 2. The second-order valence-electron chi connectivity index (χ2n) is 7.88. The molecule has 168 valence electrons. The van der Waals surface area contributed by atoms with Crippen LogP contribution in [0.2, 0.25) is 0 Å². The number of aromatic nitrogens is 2. The van der Waals surface area contributed by atoms with Crippen molar-refractivity contribution in [1.82, 2.24) is 9.97 Å². The topological polar surface area (TPSA) is 95.0 Å². The molecule has 6 heteroatoms. The fourth-order valence-electron chi connectivity index (χ4n) is 3.37. The van der Waals surface area contributed by atoms with E-state index in [1.54, 1.807) is 24.3 Å². The van der Waals surface area contributed by atoms with E-state index in [2.05, 4.69) is 9.97 Å². The van der Waals surface area contributed by atoms with Crippen LogP contribution in [0.25, 0.3) is 21.8 Å². The molecule has 0 spiro atoms. The van der Waals surface area contributed by atoms with E-state index < -0.39 is 0 Å². The van der Waals surface area contributed by atoms with Crippen LogP contribution in [0.15, 0.2) is 78.9 Å². The molecule has 0 saturated heterocycles. The first-order valence-electron chi connectivity index (χ1n) is 10.5. The fraction of sp³-hybridized carbons (Fsp3) is 0.143. The van der Waals surface area contributed by atoms with Crippen LogP contribution in [-0.4, -0.2) is 27.3 Å². The van der Waals surface area contributed by atoms with Crippen LogP contribution in [0.5, 0.6) is 17.2 Å². The van der Waals surface area contributed by atoms with Crippen LogP contribution < -0.4 is 15.3 Å². The molecule has 0 amide bonds. The molecule has 0 N–H and O–H groups in total. The van der Waals surface area contributed by atoms with Gasteiger partial charge in [-0.25, -0.2) is 0 Å². The average molecular weight is 465 g/mol. The molecule has 0 atom stereocenters. The van der Waals surface area contributed by atoms with Gasteiger partial charge in [0, 0.05) is 11.4 Å². The largest absolute Gasteiger partial charge is 3.00 e. The Morgan fingerprint density at radius 2 is 0.941 bits per heavy atom. The summed E-state index contributed by atoms with van der Waals surface area (Å²) in [6, 6.07) is 23.3. The van der Waals surface area contributed by atoms with E-state index in [1.807, 2.05) is 70.2 Å². The Labute approximate surface area is 210 Å². The SMILES string of the molecule is Cc1cc(C)cc([O-])c1.Cc1ccc2cccc([O-])c2n1.Cc1ccc2cccc([O-])c2n1.[Al+3]. The van der Waals surface area contributed by atoms with Gasteiger partial charge in [0.05, 0.1) is 11.0 Å². The van der Waals surface area contributed by atoms with E-state index in [9.17, 15) is 15.3 Å². The summed E-state index contributed by atoms with van der Waals surface area (Å²) in [6.07, 6.45) is 0. The molecule has 0 radical (unpaired) electrons. The van der Waals surface area contributed by atoms with Gasteiger partial charge in [0.1, 0.15) is 0 Å². The van der Waals surface area contributed by atoms with Crippen molar-refractivity contribution in [2.24, 2.45) is 0 Å². The van der Waals surface area contributed by atoms with E-state index in [0.29, 0.717) is 11.0 Å². The van der Waals surface area contributed by atoms with E-state index in [-0.39, 0.29) is 34.6 Å². The number of pyridine rings is 2. The molecular weight excluding hydrogens is 439 g/mol. The first-order chi connectivity index (χ1) is 15.7. The molecule has 2 heterocycles. The Bertz CT molecular complexity index is 1270. The first kappa shape index (κ1) is 26.7. The third-order valence-corrected chi connectivity index (χ3v) is 4.84. The van der Waals surface area contributed by atoms with Crippen LogP contribution in [0.1, 0.15) is 22.5 Å². The van der Waals surface area contributed by atoms with Crippen LogP contribution in [0, 0.1) is 27.7 Å². The Hall–Kier alpha value is -3.59. The quantitative estimate of drug-likeness (QED) is 0.320. The van der Waals surface area contributed by atoms with Crippen molar-refractivity contribution in [2.45, 2.75) is 27.7 Å². The van der Waals surface area contributed by atoms with Crippen LogP contribution in [0.3, 0.4) is 0 Å². The number of fused-ring (bicyclic) bond motifs is 2. The zero-order valence-corrected chi connectivity index (χ0v) is 20.9. The van der Waals surface area contributed by atoms with E-state index >= 15 is 0 Å². The molecule has 5 nitrogen and oxygen atoms in total. The molecule has 0 saturated carbocycles. The summed E-state index contributed by atoms with van der Waals surface area (Å²) in [6.45, 7) is 7.61. The van der Waals surface area contributed by atoms with Crippen LogP contribution in [-0.2, 0) is 0 Å². The van der Waals surface area contributed by atoms with Crippen molar-refractivity contribution in [3.05, 3.63) is 101 Å². The van der Waals surface area contributed by atoms with Gasteiger partial charge in [-0.05, 0) is 50.6 Å². The second-order valence-corrected chi connectivity index (χ2v) is 7.88. The molecular formula is C28H25AlN2O3. The smallest absolute Gasteiger partial charge is 0.872 e. The van der Waals surface area contributed by atoms with E-state index in [0.717, 1.165) is 33.3 Å². The Morgan fingerprint density at radius 1 is 0.529 bits per heavy atom. The van der Waals surface area contributed by atoms with Gasteiger partial charge in [-0.3, -0.25) is 9.97 Å². The molecule has 5 aromatic rings. The number of rotatable bonds is 0. The monoisotopic (exact) mass is 464 g/mol. The third-order valence-electron chi connectivity index (χ3n) is 4.84. The summed E-state index contributed by atoms with van der Waals surface area (Å²) in [5.41, 5.74) is 4.98. The average Bonchev–Trinajstić information content (AvgIpc) is 2.75. The van der Waals surface area contributed by atoms with Crippen molar-refractivity contribution in [3.63, 3.8) is 0 Å². The standard InChI is InChI=1S/2C10H9NO.C8H10O.Al/c2*1-7-5-6-8-3-2-4-9(12)10(8)11-7;1-6-3-7(2)5-8(9)4-6;/h2*2-6,12H,1H3;3-5,9H,1-2H3;/q;;;+3/p-3. The number of nitrogens with zero attached hydrogens (tertiary/aromatic N) is 2. The molecule has 0 fully saturated rings. The van der Waals surface area contributed by atoms with Crippen LogP contribution >= 0.6 is 0 Å². The van der Waals surface area contributed by atoms with Gasteiger partial charge >= 0.3 is 17.4 Å². The Morgan fingerprint density at radius 3 is 1.32 bits per heavy atom. The molecule has 2 aromatic heterocycles. The predicted molar refractivity (Wildman–Crippen MR) is 133 cm³/mol. The van der Waals surface area contributed by atoms with Crippen molar-refractivity contribution < 1.29 is 15.3 Å². The summed E-state index contributed by atoms with van der Waals surface area (Å²) in [5, 5.41) is 35.1. The maximum Gasteiger partial charge on any atom is 3.00 e. The molecule has 0 bridgehead atoms. The maximum atomic E-state index is 11.3. The molecule has 3 aromatic carbocycles. The van der Waals surface area contributed by atoms with Crippen molar-refractivity contribution in [1.29, 1.82) is 0 Å². The van der Waals surface area contributed by atoms with Gasteiger partial charge < -0.3 is 15.3 Å². The molecule has 0 aliphatic heterocycles. The maximum absolute atomic E-state index is 11.3. The second kappa shape index (κ2) is 12.0. The van der Waals surface area contributed by atoms with Gasteiger partial charge in [0.2, 0.25) is 0 Å². The number of hydrogen-bond donors (Lipinski definition) is 0. The minimum absolute atomic E-state index is 0. The molecule has 0 aliphatic carbocycles. The van der Waals surface area contributed by atoms with Gasteiger partial charge in [-0.2, -0.15) is 0 Å².